The van der Waals surface area contributed by atoms with Crippen LogP contribution in [0.3, 0.4) is 0 Å². The zero-order valence-electron chi connectivity index (χ0n) is 13.8. The van der Waals surface area contributed by atoms with Crippen molar-refractivity contribution in [2.45, 2.75) is 26.3 Å². The van der Waals surface area contributed by atoms with E-state index in [1.54, 1.807) is 0 Å². The van der Waals surface area contributed by atoms with Crippen molar-refractivity contribution in [1.29, 1.82) is 5.26 Å². The van der Waals surface area contributed by atoms with Crippen LogP contribution in [0.25, 0.3) is 0 Å². The van der Waals surface area contributed by atoms with Crippen LogP contribution in [-0.4, -0.2) is 45.2 Å². The van der Waals surface area contributed by atoms with Gasteiger partial charge < -0.3 is 9.80 Å². The third kappa shape index (κ3) is 5.74. The lowest BCUT2D eigenvalue weighted by molar-refractivity contribution is 0.392. The molecule has 21 heavy (non-hydrogen) atoms. The van der Waals surface area contributed by atoms with E-state index in [4.69, 9.17) is 0 Å². The van der Waals surface area contributed by atoms with Gasteiger partial charge in [0.25, 0.3) is 0 Å². The van der Waals surface area contributed by atoms with Crippen molar-refractivity contribution in [1.82, 2.24) is 10.2 Å². The average Bonchev–Trinajstić information content (AvgIpc) is 2.49. The second-order valence-corrected chi connectivity index (χ2v) is 5.44. The highest BCUT2D eigenvalue weighted by atomic mass is 15.1. The van der Waals surface area contributed by atoms with E-state index in [9.17, 15) is 5.26 Å². The van der Waals surface area contributed by atoms with Gasteiger partial charge in [0.2, 0.25) is 0 Å². The molecule has 0 amide bonds. The van der Waals surface area contributed by atoms with Crippen molar-refractivity contribution >= 4 is 5.69 Å². The summed E-state index contributed by atoms with van der Waals surface area (Å²) in [5, 5.41) is 12.6. The lowest BCUT2D eigenvalue weighted by Crippen LogP contribution is -2.25. The Morgan fingerprint density at radius 2 is 1.76 bits per heavy atom. The number of nitriles is 1. The molecule has 4 heteroatoms. The third-order valence-corrected chi connectivity index (χ3v) is 3.61. The Hall–Kier alpha value is -1.57. The van der Waals surface area contributed by atoms with E-state index in [1.807, 2.05) is 0 Å². The molecule has 1 unspecified atom stereocenters. The van der Waals surface area contributed by atoms with Gasteiger partial charge in [0, 0.05) is 18.8 Å². The van der Waals surface area contributed by atoms with E-state index in [0.29, 0.717) is 0 Å². The quantitative estimate of drug-likeness (QED) is 0.709. The van der Waals surface area contributed by atoms with Gasteiger partial charge in [-0.2, -0.15) is 5.26 Å². The predicted molar refractivity (Wildman–Crippen MR) is 89.5 cm³/mol. The number of anilines is 1. The van der Waals surface area contributed by atoms with Crippen molar-refractivity contribution in [3.63, 3.8) is 0 Å². The summed E-state index contributed by atoms with van der Waals surface area (Å²) >= 11 is 0. The fourth-order valence-corrected chi connectivity index (χ4v) is 2.35. The van der Waals surface area contributed by atoms with Gasteiger partial charge in [0.05, 0.1) is 6.07 Å². The van der Waals surface area contributed by atoms with Crippen molar-refractivity contribution in [2.75, 3.05) is 45.2 Å². The van der Waals surface area contributed by atoms with Gasteiger partial charge in [0.1, 0.15) is 6.04 Å². The zero-order chi connectivity index (χ0) is 15.7. The predicted octanol–water partition coefficient (Wildman–Crippen LogP) is 2.64. The molecule has 0 aliphatic rings. The van der Waals surface area contributed by atoms with Gasteiger partial charge >= 0.3 is 0 Å². The Morgan fingerprint density at radius 1 is 1.14 bits per heavy atom. The number of rotatable bonds is 9. The Labute approximate surface area is 129 Å². The number of nitrogens with one attached hydrogen (secondary N) is 1. The number of hydrogen-bond acceptors (Lipinski definition) is 4. The molecule has 0 radical (unpaired) electrons. The molecule has 4 nitrogen and oxygen atoms in total. The van der Waals surface area contributed by atoms with Crippen LogP contribution < -0.4 is 10.2 Å². The van der Waals surface area contributed by atoms with Crippen LogP contribution in [0, 0.1) is 11.3 Å². The summed E-state index contributed by atoms with van der Waals surface area (Å²) in [4.78, 5) is 4.46. The summed E-state index contributed by atoms with van der Waals surface area (Å²) in [6.45, 7) is 8.20. The van der Waals surface area contributed by atoms with Crippen LogP contribution in [0.15, 0.2) is 24.3 Å². The van der Waals surface area contributed by atoms with Gasteiger partial charge in [-0.15, -0.1) is 0 Å². The van der Waals surface area contributed by atoms with Crippen molar-refractivity contribution in [3.05, 3.63) is 29.8 Å². The molecule has 0 aromatic heterocycles. The Kier molecular flexibility index (Phi) is 7.81. The van der Waals surface area contributed by atoms with E-state index >= 15 is 0 Å². The third-order valence-electron chi connectivity index (χ3n) is 3.61. The van der Waals surface area contributed by atoms with Gasteiger partial charge in [-0.3, -0.25) is 5.32 Å². The molecule has 0 saturated carbocycles. The Morgan fingerprint density at radius 3 is 2.24 bits per heavy atom. The lowest BCUT2D eigenvalue weighted by atomic mass is 10.1. The van der Waals surface area contributed by atoms with Gasteiger partial charge in [-0.05, 0) is 65.1 Å². The topological polar surface area (TPSA) is 42.3 Å². The van der Waals surface area contributed by atoms with Crippen molar-refractivity contribution < 1.29 is 0 Å². The fourth-order valence-electron chi connectivity index (χ4n) is 2.35. The SMILES string of the molecule is CCN(CC)c1ccc(C(C#N)NCCCN(C)C)cc1. The molecule has 0 bridgehead atoms. The second-order valence-electron chi connectivity index (χ2n) is 5.44. The van der Waals surface area contributed by atoms with E-state index in [0.717, 1.165) is 38.2 Å². The maximum atomic E-state index is 9.33. The van der Waals surface area contributed by atoms with Crippen LogP contribution in [0.5, 0.6) is 0 Å². The lowest BCUT2D eigenvalue weighted by Gasteiger charge is -2.21. The van der Waals surface area contributed by atoms with Crippen molar-refractivity contribution in [2.24, 2.45) is 0 Å². The standard InChI is InChI=1S/C17H28N4/c1-5-21(6-2)16-10-8-15(9-11-16)17(14-18)19-12-7-13-20(3)4/h8-11,17,19H,5-7,12-13H2,1-4H3. The van der Waals surface area contributed by atoms with Gasteiger partial charge in [-0.1, -0.05) is 12.1 Å². The maximum Gasteiger partial charge on any atom is 0.121 e. The number of benzene rings is 1. The van der Waals surface area contributed by atoms with E-state index in [1.165, 1.54) is 5.69 Å². The molecule has 1 atom stereocenters. The molecule has 116 valence electrons. The first kappa shape index (κ1) is 17.5. The fraction of sp³-hybridized carbons (Fsp3) is 0.588. The monoisotopic (exact) mass is 288 g/mol. The summed E-state index contributed by atoms with van der Waals surface area (Å²) in [7, 11) is 4.13. The minimum Gasteiger partial charge on any atom is -0.372 e. The Balaban J connectivity index is 2.59. The summed E-state index contributed by atoms with van der Waals surface area (Å²) in [6.07, 6.45) is 1.04. The molecule has 1 N–H and O–H groups in total. The molecule has 0 aliphatic heterocycles. The molecule has 1 aromatic carbocycles. The normalized spacial score (nSPS) is 12.2. The van der Waals surface area contributed by atoms with E-state index < -0.39 is 0 Å². The highest BCUT2D eigenvalue weighted by Gasteiger charge is 2.10. The van der Waals surface area contributed by atoms with Crippen LogP contribution in [0.4, 0.5) is 5.69 Å². The largest absolute Gasteiger partial charge is 0.372 e. The summed E-state index contributed by atoms with van der Waals surface area (Å²) < 4.78 is 0. The molecule has 0 spiro atoms. The first-order chi connectivity index (χ1) is 10.1. The first-order valence-corrected chi connectivity index (χ1v) is 7.75. The number of nitrogens with zero attached hydrogens (tertiary/aromatic N) is 3. The summed E-state index contributed by atoms with van der Waals surface area (Å²) in [5.74, 6) is 0. The van der Waals surface area contributed by atoms with E-state index in [2.05, 4.69) is 73.4 Å². The molecule has 0 aliphatic carbocycles. The maximum absolute atomic E-state index is 9.33. The zero-order valence-corrected chi connectivity index (χ0v) is 13.8. The van der Waals surface area contributed by atoms with Crippen LogP contribution in [0.1, 0.15) is 31.9 Å². The van der Waals surface area contributed by atoms with E-state index in [-0.39, 0.29) is 6.04 Å². The minimum atomic E-state index is -0.224. The average molecular weight is 288 g/mol. The molecular formula is C17H28N4. The highest BCUT2D eigenvalue weighted by molar-refractivity contribution is 5.48. The first-order valence-electron chi connectivity index (χ1n) is 7.75. The molecule has 1 rings (SSSR count). The minimum absolute atomic E-state index is 0.224. The molecule has 0 fully saturated rings. The Bertz CT molecular complexity index is 429. The van der Waals surface area contributed by atoms with Gasteiger partial charge in [-0.25, -0.2) is 0 Å². The summed E-state index contributed by atoms with van der Waals surface area (Å²) in [5.41, 5.74) is 2.26. The highest BCUT2D eigenvalue weighted by Crippen LogP contribution is 2.19. The van der Waals surface area contributed by atoms with Gasteiger partial charge in [0.15, 0.2) is 0 Å². The molecule has 0 heterocycles. The van der Waals surface area contributed by atoms with Crippen LogP contribution in [-0.2, 0) is 0 Å². The molecule has 1 aromatic rings. The molecular weight excluding hydrogens is 260 g/mol. The summed E-state index contributed by atoms with van der Waals surface area (Å²) in [6, 6.07) is 10.4. The van der Waals surface area contributed by atoms with Crippen LogP contribution in [0.2, 0.25) is 0 Å². The van der Waals surface area contributed by atoms with Crippen LogP contribution >= 0.6 is 0 Å². The van der Waals surface area contributed by atoms with Crippen molar-refractivity contribution in [3.8, 4) is 6.07 Å². The molecule has 0 saturated heterocycles. The smallest absolute Gasteiger partial charge is 0.121 e. The number of hydrogen-bond donors (Lipinski definition) is 1. The second kappa shape index (κ2) is 9.38.